The van der Waals surface area contributed by atoms with Crippen molar-refractivity contribution in [3.05, 3.63) is 35.9 Å². The van der Waals surface area contributed by atoms with Gasteiger partial charge < -0.3 is 9.47 Å². The molecule has 16 heavy (non-hydrogen) atoms. The summed E-state index contributed by atoms with van der Waals surface area (Å²) in [6, 6.07) is 10.3. The van der Waals surface area contributed by atoms with Gasteiger partial charge in [-0.1, -0.05) is 37.3 Å². The summed E-state index contributed by atoms with van der Waals surface area (Å²) in [5.41, 5.74) is 1.24. The molecular formula is C14H20O2. The maximum absolute atomic E-state index is 5.84. The van der Waals surface area contributed by atoms with Crippen LogP contribution in [-0.2, 0) is 16.1 Å². The van der Waals surface area contributed by atoms with Crippen LogP contribution in [0.4, 0.5) is 0 Å². The number of ether oxygens (including phenoxy) is 2. The third-order valence-electron chi connectivity index (χ3n) is 3.11. The number of benzene rings is 1. The second-order valence-corrected chi connectivity index (χ2v) is 4.36. The molecule has 2 nitrogen and oxygen atoms in total. The largest absolute Gasteiger partial charge is 0.376 e. The summed E-state index contributed by atoms with van der Waals surface area (Å²) in [6.45, 7) is 3.63. The highest BCUT2D eigenvalue weighted by atomic mass is 16.5. The van der Waals surface area contributed by atoms with Gasteiger partial charge >= 0.3 is 0 Å². The summed E-state index contributed by atoms with van der Waals surface area (Å²) < 4.78 is 11.5. The van der Waals surface area contributed by atoms with Crippen molar-refractivity contribution < 1.29 is 9.47 Å². The predicted molar refractivity (Wildman–Crippen MR) is 64.3 cm³/mol. The van der Waals surface area contributed by atoms with Gasteiger partial charge in [-0.25, -0.2) is 0 Å². The van der Waals surface area contributed by atoms with Crippen LogP contribution < -0.4 is 0 Å². The fourth-order valence-corrected chi connectivity index (χ4v) is 2.02. The van der Waals surface area contributed by atoms with Gasteiger partial charge in [0, 0.05) is 0 Å². The highest BCUT2D eigenvalue weighted by Crippen LogP contribution is 2.19. The minimum Gasteiger partial charge on any atom is -0.376 e. The third-order valence-corrected chi connectivity index (χ3v) is 3.11. The first-order valence-electron chi connectivity index (χ1n) is 6.15. The Bertz CT molecular complexity index is 289. The molecule has 0 amide bonds. The lowest BCUT2D eigenvalue weighted by Crippen LogP contribution is -2.30. The monoisotopic (exact) mass is 220 g/mol. The summed E-state index contributed by atoms with van der Waals surface area (Å²) in [5.74, 6) is 0. The summed E-state index contributed by atoms with van der Waals surface area (Å²) in [7, 11) is 0. The van der Waals surface area contributed by atoms with E-state index in [1.807, 2.05) is 18.2 Å². The molecule has 2 rings (SSSR count). The van der Waals surface area contributed by atoms with Gasteiger partial charge in [-0.15, -0.1) is 0 Å². The molecule has 1 heterocycles. The van der Waals surface area contributed by atoms with Gasteiger partial charge in [0.05, 0.1) is 25.4 Å². The van der Waals surface area contributed by atoms with Crippen molar-refractivity contribution in [1.82, 2.24) is 0 Å². The lowest BCUT2D eigenvalue weighted by Gasteiger charge is -2.28. The van der Waals surface area contributed by atoms with Gasteiger partial charge in [-0.3, -0.25) is 0 Å². The molecule has 0 N–H and O–H groups in total. The Hall–Kier alpha value is -0.860. The fraction of sp³-hybridized carbons (Fsp3) is 0.571. The second kappa shape index (κ2) is 6.02. The van der Waals surface area contributed by atoms with Crippen molar-refractivity contribution in [3.63, 3.8) is 0 Å². The Morgan fingerprint density at radius 2 is 2.06 bits per heavy atom. The molecule has 0 spiro atoms. The average Bonchev–Trinajstić information content (AvgIpc) is 2.38. The van der Waals surface area contributed by atoms with Crippen LogP contribution in [0.1, 0.15) is 31.7 Å². The summed E-state index contributed by atoms with van der Waals surface area (Å²) in [4.78, 5) is 0. The maximum Gasteiger partial charge on any atom is 0.0814 e. The van der Waals surface area contributed by atoms with E-state index in [-0.39, 0.29) is 6.10 Å². The highest BCUT2D eigenvalue weighted by molar-refractivity contribution is 5.13. The Labute approximate surface area is 97.6 Å². The van der Waals surface area contributed by atoms with Crippen molar-refractivity contribution in [2.75, 3.05) is 6.61 Å². The van der Waals surface area contributed by atoms with Crippen LogP contribution in [0.3, 0.4) is 0 Å². The van der Waals surface area contributed by atoms with E-state index in [2.05, 4.69) is 19.1 Å². The number of rotatable bonds is 4. The van der Waals surface area contributed by atoms with Gasteiger partial charge in [0.1, 0.15) is 0 Å². The molecule has 88 valence electrons. The molecule has 2 heteroatoms. The lowest BCUT2D eigenvalue weighted by atomic mass is 10.1. The summed E-state index contributed by atoms with van der Waals surface area (Å²) in [6.07, 6.45) is 4.12. The molecule has 1 fully saturated rings. The Morgan fingerprint density at radius 3 is 2.69 bits per heavy atom. The standard InChI is InChI=1S/C14H20O2/c1-2-13-8-9-14(11-16-13)15-10-12-6-4-3-5-7-12/h3-7,13-14H,2,8-11H2,1H3/t13-,14-/m0/s1. The molecular weight excluding hydrogens is 200 g/mol. The second-order valence-electron chi connectivity index (χ2n) is 4.36. The third kappa shape index (κ3) is 3.32. The molecule has 1 saturated heterocycles. The molecule has 1 aromatic carbocycles. The zero-order chi connectivity index (χ0) is 11.2. The molecule has 0 bridgehead atoms. The molecule has 1 aromatic rings. The van der Waals surface area contributed by atoms with Crippen molar-refractivity contribution >= 4 is 0 Å². The zero-order valence-corrected chi connectivity index (χ0v) is 9.89. The first-order chi connectivity index (χ1) is 7.88. The topological polar surface area (TPSA) is 18.5 Å². The molecule has 0 saturated carbocycles. The van der Waals surface area contributed by atoms with Crippen LogP contribution in [0.5, 0.6) is 0 Å². The fourth-order valence-electron chi connectivity index (χ4n) is 2.02. The van der Waals surface area contributed by atoms with Crippen molar-refractivity contribution in [2.24, 2.45) is 0 Å². The molecule has 1 aliphatic rings. The molecule has 1 aliphatic heterocycles. The van der Waals surface area contributed by atoms with Crippen LogP contribution in [0.2, 0.25) is 0 Å². The van der Waals surface area contributed by atoms with E-state index in [4.69, 9.17) is 9.47 Å². The first-order valence-corrected chi connectivity index (χ1v) is 6.15. The van der Waals surface area contributed by atoms with E-state index in [0.29, 0.717) is 12.7 Å². The Morgan fingerprint density at radius 1 is 1.25 bits per heavy atom. The quantitative estimate of drug-likeness (QED) is 0.776. The predicted octanol–water partition coefficient (Wildman–Crippen LogP) is 3.16. The van der Waals surface area contributed by atoms with Crippen molar-refractivity contribution in [2.45, 2.75) is 45.0 Å². The molecule has 2 atom stereocenters. The number of hydrogen-bond acceptors (Lipinski definition) is 2. The van der Waals surface area contributed by atoms with Gasteiger partial charge in [-0.2, -0.15) is 0 Å². The van der Waals surface area contributed by atoms with Gasteiger partial charge in [0.15, 0.2) is 0 Å². The molecule has 0 unspecified atom stereocenters. The van der Waals surface area contributed by atoms with Crippen LogP contribution in [-0.4, -0.2) is 18.8 Å². The normalized spacial score (nSPS) is 25.6. The lowest BCUT2D eigenvalue weighted by molar-refractivity contribution is -0.0910. The SMILES string of the molecule is CC[C@H]1CC[C@H](OCc2ccccc2)CO1. The molecule has 0 aliphatic carbocycles. The van der Waals surface area contributed by atoms with Crippen molar-refractivity contribution in [3.8, 4) is 0 Å². The van der Waals surface area contributed by atoms with Crippen LogP contribution >= 0.6 is 0 Å². The van der Waals surface area contributed by atoms with Crippen molar-refractivity contribution in [1.29, 1.82) is 0 Å². The minimum absolute atomic E-state index is 0.281. The highest BCUT2D eigenvalue weighted by Gasteiger charge is 2.20. The van der Waals surface area contributed by atoms with Crippen LogP contribution in [0.15, 0.2) is 30.3 Å². The van der Waals surface area contributed by atoms with Gasteiger partial charge in [0.25, 0.3) is 0 Å². The maximum atomic E-state index is 5.84. The van der Waals surface area contributed by atoms with Gasteiger partial charge in [-0.05, 0) is 24.8 Å². The van der Waals surface area contributed by atoms with Crippen LogP contribution in [0, 0.1) is 0 Å². The van der Waals surface area contributed by atoms with Crippen LogP contribution in [0.25, 0.3) is 0 Å². The first kappa shape index (κ1) is 11.6. The summed E-state index contributed by atoms with van der Waals surface area (Å²) >= 11 is 0. The van der Waals surface area contributed by atoms with E-state index in [9.17, 15) is 0 Å². The average molecular weight is 220 g/mol. The van der Waals surface area contributed by atoms with E-state index < -0.39 is 0 Å². The smallest absolute Gasteiger partial charge is 0.0814 e. The van der Waals surface area contributed by atoms with E-state index >= 15 is 0 Å². The minimum atomic E-state index is 0.281. The Kier molecular flexibility index (Phi) is 4.37. The van der Waals surface area contributed by atoms with E-state index in [1.54, 1.807) is 0 Å². The van der Waals surface area contributed by atoms with Gasteiger partial charge in [0.2, 0.25) is 0 Å². The Balaban J connectivity index is 1.72. The van der Waals surface area contributed by atoms with E-state index in [0.717, 1.165) is 25.9 Å². The zero-order valence-electron chi connectivity index (χ0n) is 9.89. The number of hydrogen-bond donors (Lipinski definition) is 0. The molecule has 0 radical (unpaired) electrons. The molecule has 0 aromatic heterocycles. The summed E-state index contributed by atoms with van der Waals surface area (Å²) in [5, 5.41) is 0. The van der Waals surface area contributed by atoms with E-state index in [1.165, 1.54) is 5.56 Å².